The predicted molar refractivity (Wildman–Crippen MR) is 51.2 cm³/mol. The lowest BCUT2D eigenvalue weighted by molar-refractivity contribution is 0.641. The van der Waals surface area contributed by atoms with Crippen molar-refractivity contribution in [2.75, 3.05) is 0 Å². The molecule has 0 saturated carbocycles. The molecule has 0 spiro atoms. The Morgan fingerprint density at radius 1 is 1.33 bits per heavy atom. The Kier molecular flexibility index (Phi) is 2.55. The minimum absolute atomic E-state index is 0.714. The SMILES string of the molecule is Cc1nn(C)c(C)c1CC(C)C. The molecule has 0 saturated heterocycles. The number of aryl methyl sites for hydroxylation is 2. The van der Waals surface area contributed by atoms with E-state index in [4.69, 9.17) is 0 Å². The van der Waals surface area contributed by atoms with Gasteiger partial charge in [-0.3, -0.25) is 4.68 Å². The van der Waals surface area contributed by atoms with Gasteiger partial charge in [0.15, 0.2) is 0 Å². The molecule has 0 bridgehead atoms. The van der Waals surface area contributed by atoms with Crippen molar-refractivity contribution in [1.82, 2.24) is 9.78 Å². The average molecular weight is 166 g/mol. The highest BCUT2D eigenvalue weighted by molar-refractivity contribution is 5.24. The van der Waals surface area contributed by atoms with Crippen LogP contribution in [0.25, 0.3) is 0 Å². The van der Waals surface area contributed by atoms with E-state index in [-0.39, 0.29) is 0 Å². The molecule has 0 aliphatic heterocycles. The summed E-state index contributed by atoms with van der Waals surface area (Å²) in [6.45, 7) is 8.71. The topological polar surface area (TPSA) is 17.8 Å². The molecule has 1 aromatic heterocycles. The molecule has 1 heterocycles. The molecule has 0 aliphatic rings. The molecular formula is C10H18N2. The predicted octanol–water partition coefficient (Wildman–Crippen LogP) is 2.24. The highest BCUT2D eigenvalue weighted by Gasteiger charge is 2.09. The van der Waals surface area contributed by atoms with Crippen LogP contribution < -0.4 is 0 Å². The van der Waals surface area contributed by atoms with Gasteiger partial charge in [0, 0.05) is 12.7 Å². The molecule has 0 radical (unpaired) electrons. The van der Waals surface area contributed by atoms with Crippen LogP contribution in [0.4, 0.5) is 0 Å². The Balaban J connectivity index is 2.97. The van der Waals surface area contributed by atoms with Crippen LogP contribution in [-0.4, -0.2) is 9.78 Å². The van der Waals surface area contributed by atoms with Gasteiger partial charge in [0.1, 0.15) is 0 Å². The quantitative estimate of drug-likeness (QED) is 0.659. The van der Waals surface area contributed by atoms with Crippen molar-refractivity contribution in [3.8, 4) is 0 Å². The Labute approximate surface area is 74.6 Å². The molecule has 1 aromatic rings. The van der Waals surface area contributed by atoms with Crippen LogP contribution in [0.15, 0.2) is 0 Å². The first-order valence-electron chi connectivity index (χ1n) is 4.51. The lowest BCUT2D eigenvalue weighted by Gasteiger charge is -2.04. The Hall–Kier alpha value is -0.790. The third kappa shape index (κ3) is 1.68. The van der Waals surface area contributed by atoms with Crippen LogP contribution in [0.3, 0.4) is 0 Å². The Bertz CT molecular complexity index is 272. The molecule has 1 rings (SSSR count). The average Bonchev–Trinajstić information content (AvgIpc) is 2.16. The summed E-state index contributed by atoms with van der Waals surface area (Å²) in [5.74, 6) is 0.714. The summed E-state index contributed by atoms with van der Waals surface area (Å²) >= 11 is 0. The van der Waals surface area contributed by atoms with Crippen molar-refractivity contribution in [3.05, 3.63) is 17.0 Å². The zero-order chi connectivity index (χ0) is 9.30. The smallest absolute Gasteiger partial charge is 0.0628 e. The molecule has 0 atom stereocenters. The molecule has 0 aliphatic carbocycles. The maximum atomic E-state index is 4.38. The van der Waals surface area contributed by atoms with E-state index in [1.165, 1.54) is 17.0 Å². The van der Waals surface area contributed by atoms with Crippen LogP contribution in [-0.2, 0) is 13.5 Å². The standard InChI is InChI=1S/C10H18N2/c1-7(2)6-10-8(3)11-12(5)9(10)4/h7H,6H2,1-5H3. The minimum Gasteiger partial charge on any atom is -0.272 e. The van der Waals surface area contributed by atoms with Crippen LogP contribution >= 0.6 is 0 Å². The summed E-state index contributed by atoms with van der Waals surface area (Å²) in [4.78, 5) is 0. The second-order valence-electron chi connectivity index (χ2n) is 3.87. The number of rotatable bonds is 2. The molecule has 0 fully saturated rings. The van der Waals surface area contributed by atoms with Gasteiger partial charge in [-0.05, 0) is 31.7 Å². The molecule has 2 heteroatoms. The first-order chi connectivity index (χ1) is 5.52. The van der Waals surface area contributed by atoms with Crippen LogP contribution in [0.1, 0.15) is 30.8 Å². The van der Waals surface area contributed by atoms with Crippen molar-refractivity contribution in [3.63, 3.8) is 0 Å². The third-order valence-corrected chi connectivity index (χ3v) is 2.27. The normalized spacial score (nSPS) is 11.2. The molecule has 0 aromatic carbocycles. The highest BCUT2D eigenvalue weighted by Crippen LogP contribution is 2.15. The lowest BCUT2D eigenvalue weighted by Crippen LogP contribution is -1.98. The van der Waals surface area contributed by atoms with E-state index < -0.39 is 0 Å². The maximum absolute atomic E-state index is 4.38. The fourth-order valence-corrected chi connectivity index (χ4v) is 1.52. The van der Waals surface area contributed by atoms with E-state index in [0.717, 1.165) is 6.42 Å². The molecule has 2 nitrogen and oxygen atoms in total. The van der Waals surface area contributed by atoms with Crippen molar-refractivity contribution in [2.24, 2.45) is 13.0 Å². The van der Waals surface area contributed by atoms with Crippen molar-refractivity contribution in [2.45, 2.75) is 34.1 Å². The molecule has 68 valence electrons. The van der Waals surface area contributed by atoms with Crippen molar-refractivity contribution < 1.29 is 0 Å². The van der Waals surface area contributed by atoms with Gasteiger partial charge in [-0.2, -0.15) is 5.10 Å². The summed E-state index contributed by atoms with van der Waals surface area (Å²) in [5.41, 5.74) is 3.91. The maximum Gasteiger partial charge on any atom is 0.0628 e. The lowest BCUT2D eigenvalue weighted by atomic mass is 10.0. The molecular weight excluding hydrogens is 148 g/mol. The first-order valence-corrected chi connectivity index (χ1v) is 4.51. The van der Waals surface area contributed by atoms with E-state index in [1.54, 1.807) is 0 Å². The van der Waals surface area contributed by atoms with Gasteiger partial charge >= 0.3 is 0 Å². The largest absolute Gasteiger partial charge is 0.272 e. The second kappa shape index (κ2) is 3.30. The van der Waals surface area contributed by atoms with E-state index in [2.05, 4.69) is 32.8 Å². The monoisotopic (exact) mass is 166 g/mol. The van der Waals surface area contributed by atoms with Gasteiger partial charge in [0.25, 0.3) is 0 Å². The van der Waals surface area contributed by atoms with Gasteiger partial charge in [0.05, 0.1) is 5.69 Å². The summed E-state index contributed by atoms with van der Waals surface area (Å²) < 4.78 is 1.97. The number of hydrogen-bond acceptors (Lipinski definition) is 1. The summed E-state index contributed by atoms with van der Waals surface area (Å²) in [7, 11) is 2.01. The second-order valence-corrected chi connectivity index (χ2v) is 3.87. The third-order valence-electron chi connectivity index (χ3n) is 2.27. The van der Waals surface area contributed by atoms with Gasteiger partial charge in [-0.15, -0.1) is 0 Å². The Morgan fingerprint density at radius 2 is 1.92 bits per heavy atom. The minimum atomic E-state index is 0.714. The first kappa shape index (κ1) is 9.30. The van der Waals surface area contributed by atoms with Gasteiger partial charge in [-0.25, -0.2) is 0 Å². The van der Waals surface area contributed by atoms with Gasteiger partial charge in [-0.1, -0.05) is 13.8 Å². The fraction of sp³-hybridized carbons (Fsp3) is 0.700. The van der Waals surface area contributed by atoms with Crippen LogP contribution in [0, 0.1) is 19.8 Å². The number of nitrogens with zero attached hydrogens (tertiary/aromatic N) is 2. The van der Waals surface area contributed by atoms with Gasteiger partial charge in [0.2, 0.25) is 0 Å². The molecule has 0 unspecified atom stereocenters. The number of hydrogen-bond donors (Lipinski definition) is 0. The number of aromatic nitrogens is 2. The van der Waals surface area contributed by atoms with E-state index in [0.29, 0.717) is 5.92 Å². The molecule has 12 heavy (non-hydrogen) atoms. The summed E-state index contributed by atoms with van der Waals surface area (Å²) in [6, 6.07) is 0. The Morgan fingerprint density at radius 3 is 2.25 bits per heavy atom. The fourth-order valence-electron chi connectivity index (χ4n) is 1.52. The van der Waals surface area contributed by atoms with Crippen LogP contribution in [0.5, 0.6) is 0 Å². The van der Waals surface area contributed by atoms with E-state index in [9.17, 15) is 0 Å². The van der Waals surface area contributed by atoms with Crippen LogP contribution in [0.2, 0.25) is 0 Å². The zero-order valence-electron chi connectivity index (χ0n) is 8.68. The highest BCUT2D eigenvalue weighted by atomic mass is 15.3. The molecule has 0 N–H and O–H groups in total. The zero-order valence-corrected chi connectivity index (χ0v) is 8.68. The summed E-state index contributed by atoms with van der Waals surface area (Å²) in [6.07, 6.45) is 1.14. The van der Waals surface area contributed by atoms with E-state index >= 15 is 0 Å². The van der Waals surface area contributed by atoms with Gasteiger partial charge < -0.3 is 0 Å². The van der Waals surface area contributed by atoms with E-state index in [1.807, 2.05) is 11.7 Å². The summed E-state index contributed by atoms with van der Waals surface area (Å²) in [5, 5.41) is 4.38. The van der Waals surface area contributed by atoms with Crippen molar-refractivity contribution >= 4 is 0 Å². The molecule has 0 amide bonds. The van der Waals surface area contributed by atoms with Crippen molar-refractivity contribution in [1.29, 1.82) is 0 Å².